The number of sulfonamides is 1. The van der Waals surface area contributed by atoms with Gasteiger partial charge in [0.1, 0.15) is 12.6 Å². The summed E-state index contributed by atoms with van der Waals surface area (Å²) in [5, 5.41) is 2.41. The Hall–Kier alpha value is -1.93. The second-order valence-electron chi connectivity index (χ2n) is 4.88. The molecule has 1 amide bonds. The van der Waals surface area contributed by atoms with Crippen LogP contribution in [0, 0.1) is 0 Å². The van der Waals surface area contributed by atoms with Crippen molar-refractivity contribution < 1.29 is 22.7 Å². The third-order valence-electron chi connectivity index (χ3n) is 3.49. The summed E-state index contributed by atoms with van der Waals surface area (Å²) in [5.41, 5.74) is 0. The summed E-state index contributed by atoms with van der Waals surface area (Å²) in [6.45, 7) is 0.0125. The number of amides is 1. The predicted octanol–water partition coefficient (Wildman–Crippen LogP) is 0.129. The highest BCUT2D eigenvalue weighted by Gasteiger charge is 2.39. The quantitative estimate of drug-likeness (QED) is 0.776. The van der Waals surface area contributed by atoms with Gasteiger partial charge in [0.25, 0.3) is 0 Å². The number of rotatable bonds is 5. The van der Waals surface area contributed by atoms with Crippen LogP contribution in [0.25, 0.3) is 0 Å². The van der Waals surface area contributed by atoms with Gasteiger partial charge in [-0.1, -0.05) is 18.2 Å². The molecule has 2 rings (SSSR count). The first-order valence-corrected chi connectivity index (χ1v) is 8.32. The molecule has 1 aliphatic heterocycles. The molecule has 8 heteroatoms. The van der Waals surface area contributed by atoms with E-state index in [2.05, 4.69) is 10.1 Å². The van der Waals surface area contributed by atoms with Gasteiger partial charge >= 0.3 is 5.97 Å². The Labute approximate surface area is 129 Å². The summed E-state index contributed by atoms with van der Waals surface area (Å²) >= 11 is 0. The SMILES string of the molecule is COC(=O)CNC(=O)C1CCCN1S(=O)(=O)c1ccccc1. The number of carbonyl (C=O) groups excluding carboxylic acids is 2. The maximum absolute atomic E-state index is 12.6. The summed E-state index contributed by atoms with van der Waals surface area (Å²) in [6.07, 6.45) is 1.03. The molecular formula is C14H18N2O5S. The molecule has 0 saturated carbocycles. The van der Waals surface area contributed by atoms with Crippen molar-refractivity contribution in [1.29, 1.82) is 0 Å². The number of esters is 1. The maximum atomic E-state index is 12.6. The summed E-state index contributed by atoms with van der Waals surface area (Å²) in [6, 6.07) is 7.19. The minimum atomic E-state index is -3.72. The minimum Gasteiger partial charge on any atom is -0.468 e. The van der Waals surface area contributed by atoms with E-state index in [4.69, 9.17) is 0 Å². The fourth-order valence-electron chi connectivity index (χ4n) is 2.37. The average Bonchev–Trinajstić information content (AvgIpc) is 3.03. The molecule has 1 N–H and O–H groups in total. The summed E-state index contributed by atoms with van der Waals surface area (Å²) in [7, 11) is -2.50. The van der Waals surface area contributed by atoms with Gasteiger partial charge in [0, 0.05) is 6.54 Å². The Balaban J connectivity index is 2.13. The molecule has 1 heterocycles. The fraction of sp³-hybridized carbons (Fsp3) is 0.429. The largest absolute Gasteiger partial charge is 0.468 e. The number of nitrogens with zero attached hydrogens (tertiary/aromatic N) is 1. The van der Waals surface area contributed by atoms with Crippen LogP contribution in [0.5, 0.6) is 0 Å². The lowest BCUT2D eigenvalue weighted by atomic mass is 10.2. The lowest BCUT2D eigenvalue weighted by molar-refractivity contribution is -0.141. The van der Waals surface area contributed by atoms with E-state index in [1.807, 2.05) is 0 Å². The number of carbonyl (C=O) groups is 2. The Kier molecular flexibility index (Phi) is 5.15. The van der Waals surface area contributed by atoms with E-state index >= 15 is 0 Å². The van der Waals surface area contributed by atoms with Crippen molar-refractivity contribution in [3.8, 4) is 0 Å². The third-order valence-corrected chi connectivity index (χ3v) is 5.41. The van der Waals surface area contributed by atoms with Crippen LogP contribution in [-0.2, 0) is 24.3 Å². The van der Waals surface area contributed by atoms with Crippen molar-refractivity contribution in [3.63, 3.8) is 0 Å². The van der Waals surface area contributed by atoms with Gasteiger partial charge in [0.2, 0.25) is 15.9 Å². The van der Waals surface area contributed by atoms with Gasteiger partial charge in [-0.05, 0) is 25.0 Å². The Morgan fingerprint density at radius 1 is 1.32 bits per heavy atom. The first-order chi connectivity index (χ1) is 10.5. The van der Waals surface area contributed by atoms with Crippen LogP contribution in [0.2, 0.25) is 0 Å². The van der Waals surface area contributed by atoms with Gasteiger partial charge in [0.15, 0.2) is 0 Å². The van der Waals surface area contributed by atoms with Crippen LogP contribution in [0.4, 0.5) is 0 Å². The van der Waals surface area contributed by atoms with Crippen LogP contribution in [0.15, 0.2) is 35.2 Å². The zero-order valence-corrected chi connectivity index (χ0v) is 13.0. The zero-order valence-electron chi connectivity index (χ0n) is 12.2. The average molecular weight is 326 g/mol. The minimum absolute atomic E-state index is 0.155. The highest BCUT2D eigenvalue weighted by atomic mass is 32.2. The third kappa shape index (κ3) is 3.45. The number of hydrogen-bond acceptors (Lipinski definition) is 5. The number of nitrogens with one attached hydrogen (secondary N) is 1. The molecule has 22 heavy (non-hydrogen) atoms. The van der Waals surface area contributed by atoms with Crippen molar-refractivity contribution in [2.24, 2.45) is 0 Å². The van der Waals surface area contributed by atoms with Gasteiger partial charge in [-0.2, -0.15) is 4.31 Å². The first-order valence-electron chi connectivity index (χ1n) is 6.88. The van der Waals surface area contributed by atoms with Gasteiger partial charge in [-0.15, -0.1) is 0 Å². The molecule has 1 fully saturated rings. The highest BCUT2D eigenvalue weighted by molar-refractivity contribution is 7.89. The van der Waals surface area contributed by atoms with E-state index in [-0.39, 0.29) is 18.0 Å². The van der Waals surface area contributed by atoms with Crippen LogP contribution in [-0.4, -0.2) is 50.8 Å². The topological polar surface area (TPSA) is 92.8 Å². The number of benzene rings is 1. The number of methoxy groups -OCH3 is 1. The van der Waals surface area contributed by atoms with Crippen LogP contribution in [0.1, 0.15) is 12.8 Å². The Morgan fingerprint density at radius 3 is 2.64 bits per heavy atom. The molecule has 0 bridgehead atoms. The van der Waals surface area contributed by atoms with Crippen molar-refractivity contribution in [3.05, 3.63) is 30.3 Å². The molecular weight excluding hydrogens is 308 g/mol. The fourth-order valence-corrected chi connectivity index (χ4v) is 4.04. The van der Waals surface area contributed by atoms with Crippen LogP contribution < -0.4 is 5.32 Å². The summed E-state index contributed by atoms with van der Waals surface area (Å²) in [4.78, 5) is 23.3. The molecule has 1 aliphatic rings. The van der Waals surface area contributed by atoms with E-state index in [0.29, 0.717) is 12.8 Å². The Morgan fingerprint density at radius 2 is 2.00 bits per heavy atom. The standard InChI is InChI=1S/C14H18N2O5S/c1-21-13(17)10-15-14(18)12-8-5-9-16(12)22(19,20)11-6-3-2-4-7-11/h2-4,6-7,12H,5,8-10H2,1H3,(H,15,18). The lowest BCUT2D eigenvalue weighted by Crippen LogP contribution is -2.47. The monoisotopic (exact) mass is 326 g/mol. The molecule has 1 aromatic rings. The number of hydrogen-bond donors (Lipinski definition) is 1. The second-order valence-corrected chi connectivity index (χ2v) is 6.77. The Bertz CT molecular complexity index is 644. The first kappa shape index (κ1) is 16.4. The highest BCUT2D eigenvalue weighted by Crippen LogP contribution is 2.25. The molecule has 1 saturated heterocycles. The van der Waals surface area contributed by atoms with Crippen LogP contribution >= 0.6 is 0 Å². The van der Waals surface area contributed by atoms with E-state index in [9.17, 15) is 18.0 Å². The molecule has 7 nitrogen and oxygen atoms in total. The van der Waals surface area contributed by atoms with Crippen molar-refractivity contribution in [2.45, 2.75) is 23.8 Å². The second kappa shape index (κ2) is 6.89. The van der Waals surface area contributed by atoms with Gasteiger partial charge < -0.3 is 10.1 Å². The smallest absolute Gasteiger partial charge is 0.325 e. The molecule has 1 aromatic carbocycles. The zero-order chi connectivity index (χ0) is 16.2. The molecule has 1 unspecified atom stereocenters. The van der Waals surface area contributed by atoms with Gasteiger partial charge in [-0.3, -0.25) is 9.59 Å². The molecule has 0 aromatic heterocycles. The maximum Gasteiger partial charge on any atom is 0.325 e. The van der Waals surface area contributed by atoms with Gasteiger partial charge in [0.05, 0.1) is 12.0 Å². The van der Waals surface area contributed by atoms with Crippen molar-refractivity contribution in [1.82, 2.24) is 9.62 Å². The summed E-state index contributed by atoms with van der Waals surface area (Å²) in [5.74, 6) is -1.06. The van der Waals surface area contributed by atoms with Crippen molar-refractivity contribution in [2.75, 3.05) is 20.2 Å². The van der Waals surface area contributed by atoms with E-state index in [0.717, 1.165) is 0 Å². The molecule has 0 spiro atoms. The van der Waals surface area contributed by atoms with Gasteiger partial charge in [-0.25, -0.2) is 8.42 Å². The normalized spacial score (nSPS) is 18.9. The predicted molar refractivity (Wildman–Crippen MR) is 78.4 cm³/mol. The summed E-state index contributed by atoms with van der Waals surface area (Å²) < 4.78 is 30.8. The molecule has 0 aliphatic carbocycles. The molecule has 1 atom stereocenters. The van der Waals surface area contributed by atoms with Crippen molar-refractivity contribution >= 4 is 21.9 Å². The molecule has 0 radical (unpaired) electrons. The van der Waals surface area contributed by atoms with E-state index < -0.39 is 27.9 Å². The van der Waals surface area contributed by atoms with E-state index in [1.165, 1.54) is 23.5 Å². The van der Waals surface area contributed by atoms with E-state index in [1.54, 1.807) is 18.2 Å². The molecule has 120 valence electrons. The van der Waals surface area contributed by atoms with Crippen LogP contribution in [0.3, 0.4) is 0 Å². The number of ether oxygens (including phenoxy) is 1. The lowest BCUT2D eigenvalue weighted by Gasteiger charge is -2.23.